The Kier molecular flexibility index (Phi) is 2.26. The third-order valence-electron chi connectivity index (χ3n) is 5.05. The first-order valence-electron chi connectivity index (χ1n) is 6.69. The van der Waals surface area contributed by atoms with Crippen LogP contribution in [-0.4, -0.2) is 0 Å². The lowest BCUT2D eigenvalue weighted by molar-refractivity contribution is 0.293. The zero-order valence-corrected chi connectivity index (χ0v) is 9.73. The van der Waals surface area contributed by atoms with Crippen LogP contribution in [0.15, 0.2) is 23.8 Å². The number of fused-ring (bicyclic) bond motifs is 2. The maximum atomic E-state index is 4.15. The summed E-state index contributed by atoms with van der Waals surface area (Å²) in [5, 5.41) is 0. The second-order valence-corrected chi connectivity index (χ2v) is 5.82. The first kappa shape index (κ1) is 9.69. The SMILES string of the molecule is C=CC1(C2=C3CCC(C3)C2)CCCCC1. The van der Waals surface area contributed by atoms with Gasteiger partial charge in [0.15, 0.2) is 0 Å². The normalized spacial score (nSPS) is 33.5. The van der Waals surface area contributed by atoms with Crippen molar-refractivity contribution in [2.75, 3.05) is 0 Å². The fourth-order valence-electron chi connectivity index (χ4n) is 4.18. The van der Waals surface area contributed by atoms with Crippen molar-refractivity contribution in [2.24, 2.45) is 11.3 Å². The molecule has 0 radical (unpaired) electrons. The van der Waals surface area contributed by atoms with Crippen LogP contribution in [0.25, 0.3) is 0 Å². The second-order valence-electron chi connectivity index (χ2n) is 5.82. The summed E-state index contributed by atoms with van der Waals surface area (Å²) in [4.78, 5) is 0. The summed E-state index contributed by atoms with van der Waals surface area (Å²) in [5.74, 6) is 1.02. The second kappa shape index (κ2) is 3.50. The van der Waals surface area contributed by atoms with Crippen LogP contribution in [0.1, 0.15) is 57.8 Å². The van der Waals surface area contributed by atoms with Gasteiger partial charge >= 0.3 is 0 Å². The molecule has 2 fully saturated rings. The summed E-state index contributed by atoms with van der Waals surface area (Å²) in [6.45, 7) is 4.15. The van der Waals surface area contributed by atoms with E-state index in [0.717, 1.165) is 5.92 Å². The van der Waals surface area contributed by atoms with Gasteiger partial charge in [-0.05, 0) is 44.4 Å². The Bertz CT molecular complexity index is 302. The topological polar surface area (TPSA) is 0 Å². The maximum absolute atomic E-state index is 4.15. The Labute approximate surface area is 93.5 Å². The van der Waals surface area contributed by atoms with Crippen LogP contribution in [0.4, 0.5) is 0 Å². The van der Waals surface area contributed by atoms with Gasteiger partial charge in [0.2, 0.25) is 0 Å². The van der Waals surface area contributed by atoms with E-state index in [1.165, 1.54) is 57.8 Å². The molecule has 0 saturated heterocycles. The quantitative estimate of drug-likeness (QED) is 0.573. The van der Waals surface area contributed by atoms with Crippen molar-refractivity contribution in [1.29, 1.82) is 0 Å². The van der Waals surface area contributed by atoms with Crippen LogP contribution >= 0.6 is 0 Å². The molecule has 0 aromatic heterocycles. The van der Waals surface area contributed by atoms with Crippen molar-refractivity contribution in [3.8, 4) is 0 Å². The average molecular weight is 202 g/mol. The molecule has 0 spiro atoms. The third kappa shape index (κ3) is 1.41. The van der Waals surface area contributed by atoms with Crippen LogP contribution < -0.4 is 0 Å². The predicted octanol–water partition coefficient (Wildman–Crippen LogP) is 4.62. The Balaban J connectivity index is 1.93. The molecule has 0 heterocycles. The van der Waals surface area contributed by atoms with Gasteiger partial charge in [-0.2, -0.15) is 0 Å². The van der Waals surface area contributed by atoms with Gasteiger partial charge in [-0.3, -0.25) is 0 Å². The van der Waals surface area contributed by atoms with Gasteiger partial charge < -0.3 is 0 Å². The molecule has 0 nitrogen and oxygen atoms in total. The predicted molar refractivity (Wildman–Crippen MR) is 64.7 cm³/mol. The molecule has 0 heteroatoms. The van der Waals surface area contributed by atoms with Gasteiger partial charge in [-0.15, -0.1) is 6.58 Å². The molecule has 2 bridgehead atoms. The van der Waals surface area contributed by atoms with Crippen molar-refractivity contribution < 1.29 is 0 Å². The van der Waals surface area contributed by atoms with E-state index < -0.39 is 0 Å². The molecule has 3 aliphatic carbocycles. The summed E-state index contributed by atoms with van der Waals surface area (Å²) >= 11 is 0. The zero-order chi connectivity index (χ0) is 10.3. The van der Waals surface area contributed by atoms with E-state index in [0.29, 0.717) is 5.41 Å². The zero-order valence-electron chi connectivity index (χ0n) is 9.73. The molecule has 0 N–H and O–H groups in total. The molecule has 2 saturated carbocycles. The Morgan fingerprint density at radius 3 is 2.47 bits per heavy atom. The lowest BCUT2D eigenvalue weighted by Crippen LogP contribution is -2.25. The standard InChI is InChI=1S/C15H22/c1-2-15(8-4-3-5-9-15)14-11-12-6-7-13(14)10-12/h2,12H,1,3-11H2. The number of hydrogen-bond donors (Lipinski definition) is 0. The maximum Gasteiger partial charge on any atom is 0.00909 e. The van der Waals surface area contributed by atoms with Crippen LogP contribution in [0.5, 0.6) is 0 Å². The lowest BCUT2D eigenvalue weighted by Gasteiger charge is -2.38. The largest absolute Gasteiger partial charge is 0.102 e. The molecule has 82 valence electrons. The molecule has 1 unspecified atom stereocenters. The molecule has 0 aromatic rings. The number of allylic oxidation sites excluding steroid dienone is 3. The minimum atomic E-state index is 0.447. The Morgan fingerprint density at radius 1 is 1.13 bits per heavy atom. The summed E-state index contributed by atoms with van der Waals surface area (Å²) < 4.78 is 0. The average Bonchev–Trinajstić information content (AvgIpc) is 2.92. The monoisotopic (exact) mass is 202 g/mol. The Morgan fingerprint density at radius 2 is 1.93 bits per heavy atom. The third-order valence-corrected chi connectivity index (χ3v) is 5.05. The fraction of sp³-hybridized carbons (Fsp3) is 0.733. The highest BCUT2D eigenvalue weighted by Crippen LogP contribution is 2.55. The molecular formula is C15H22. The van der Waals surface area contributed by atoms with E-state index in [1.54, 1.807) is 0 Å². The highest BCUT2D eigenvalue weighted by atomic mass is 14.5. The lowest BCUT2D eigenvalue weighted by atomic mass is 9.66. The first-order valence-corrected chi connectivity index (χ1v) is 6.69. The van der Waals surface area contributed by atoms with Gasteiger partial charge in [0.25, 0.3) is 0 Å². The molecule has 0 aliphatic heterocycles. The van der Waals surface area contributed by atoms with E-state index in [2.05, 4.69) is 12.7 Å². The van der Waals surface area contributed by atoms with Gasteiger partial charge in [-0.1, -0.05) is 36.5 Å². The van der Waals surface area contributed by atoms with Crippen molar-refractivity contribution in [3.63, 3.8) is 0 Å². The van der Waals surface area contributed by atoms with Crippen molar-refractivity contribution >= 4 is 0 Å². The summed E-state index contributed by atoms with van der Waals surface area (Å²) in [5.41, 5.74) is 4.12. The van der Waals surface area contributed by atoms with E-state index in [1.807, 2.05) is 11.1 Å². The molecule has 1 atom stereocenters. The van der Waals surface area contributed by atoms with Crippen molar-refractivity contribution in [2.45, 2.75) is 57.8 Å². The van der Waals surface area contributed by atoms with Crippen molar-refractivity contribution in [1.82, 2.24) is 0 Å². The van der Waals surface area contributed by atoms with Crippen LogP contribution in [0.2, 0.25) is 0 Å². The summed E-state index contributed by atoms with van der Waals surface area (Å²) in [7, 11) is 0. The first-order chi connectivity index (χ1) is 7.34. The summed E-state index contributed by atoms with van der Waals surface area (Å²) in [6.07, 6.45) is 15.1. The molecular weight excluding hydrogens is 180 g/mol. The number of rotatable bonds is 2. The van der Waals surface area contributed by atoms with Crippen molar-refractivity contribution in [3.05, 3.63) is 23.8 Å². The van der Waals surface area contributed by atoms with Crippen LogP contribution in [-0.2, 0) is 0 Å². The fourth-order valence-corrected chi connectivity index (χ4v) is 4.18. The molecule has 3 rings (SSSR count). The molecule has 0 amide bonds. The van der Waals surface area contributed by atoms with Gasteiger partial charge in [0.05, 0.1) is 0 Å². The van der Waals surface area contributed by atoms with Gasteiger partial charge in [0.1, 0.15) is 0 Å². The van der Waals surface area contributed by atoms with Gasteiger partial charge in [-0.25, -0.2) is 0 Å². The molecule has 0 aromatic carbocycles. The van der Waals surface area contributed by atoms with Crippen LogP contribution in [0, 0.1) is 11.3 Å². The van der Waals surface area contributed by atoms with Crippen LogP contribution in [0.3, 0.4) is 0 Å². The Hall–Kier alpha value is -0.520. The molecule has 3 aliphatic rings. The smallest absolute Gasteiger partial charge is 0.00909 e. The number of hydrogen-bond acceptors (Lipinski definition) is 0. The summed E-state index contributed by atoms with van der Waals surface area (Å²) in [6, 6.07) is 0. The van der Waals surface area contributed by atoms with E-state index >= 15 is 0 Å². The minimum Gasteiger partial charge on any atom is -0.102 e. The minimum absolute atomic E-state index is 0.447. The highest BCUT2D eigenvalue weighted by Gasteiger charge is 2.41. The van der Waals surface area contributed by atoms with Gasteiger partial charge in [0, 0.05) is 5.41 Å². The molecule has 15 heavy (non-hydrogen) atoms. The van der Waals surface area contributed by atoms with E-state index in [4.69, 9.17) is 0 Å². The van der Waals surface area contributed by atoms with E-state index in [-0.39, 0.29) is 0 Å². The van der Waals surface area contributed by atoms with E-state index in [9.17, 15) is 0 Å². The highest BCUT2D eigenvalue weighted by molar-refractivity contribution is 5.34.